The Morgan fingerprint density at radius 2 is 2.00 bits per heavy atom. The maximum Gasteiger partial charge on any atom is 0.490 e. The van der Waals surface area contributed by atoms with E-state index < -0.39 is 12.1 Å². The zero-order valence-corrected chi connectivity index (χ0v) is 13.4. The summed E-state index contributed by atoms with van der Waals surface area (Å²) in [7, 11) is 0. The standard InChI is InChI=1S/C12H14N4S.C2HF3O2/c1-17-12-5-3-2-4-10(12)11-8-16(15-14-11)9-6-13-7-9;3-2(4,5)1(6)7/h2-5,8-9,13H,6-7H2,1H3;(H,6,7). The highest BCUT2D eigenvalue weighted by atomic mass is 32.2. The number of carbonyl (C=O) groups is 1. The van der Waals surface area contributed by atoms with Crippen LogP contribution in [0.2, 0.25) is 0 Å². The molecule has 10 heteroatoms. The van der Waals surface area contributed by atoms with Crippen molar-refractivity contribution in [1.29, 1.82) is 0 Å². The predicted octanol–water partition coefficient (Wildman–Crippen LogP) is 2.44. The van der Waals surface area contributed by atoms with E-state index in [9.17, 15) is 13.2 Å². The van der Waals surface area contributed by atoms with Crippen LogP contribution in [0.4, 0.5) is 13.2 Å². The molecule has 130 valence electrons. The zero-order chi connectivity index (χ0) is 17.7. The number of carboxylic acids is 1. The molecule has 1 aromatic carbocycles. The van der Waals surface area contributed by atoms with Crippen LogP contribution >= 0.6 is 11.8 Å². The fraction of sp³-hybridized carbons (Fsp3) is 0.357. The van der Waals surface area contributed by atoms with E-state index in [-0.39, 0.29) is 0 Å². The molecule has 0 saturated carbocycles. The molecule has 0 aliphatic carbocycles. The minimum Gasteiger partial charge on any atom is -0.475 e. The molecule has 1 aliphatic heterocycles. The summed E-state index contributed by atoms with van der Waals surface area (Å²) in [5, 5.41) is 18.8. The monoisotopic (exact) mass is 360 g/mol. The Morgan fingerprint density at radius 3 is 2.50 bits per heavy atom. The maximum absolute atomic E-state index is 10.6. The van der Waals surface area contributed by atoms with Crippen LogP contribution in [-0.4, -0.2) is 51.6 Å². The van der Waals surface area contributed by atoms with Crippen LogP contribution in [0, 0.1) is 0 Å². The van der Waals surface area contributed by atoms with Crippen molar-refractivity contribution in [2.45, 2.75) is 17.1 Å². The van der Waals surface area contributed by atoms with Crippen molar-refractivity contribution in [2.24, 2.45) is 0 Å². The Bertz CT molecular complexity index is 701. The normalized spacial score (nSPS) is 14.5. The van der Waals surface area contributed by atoms with Gasteiger partial charge >= 0.3 is 12.1 Å². The van der Waals surface area contributed by atoms with E-state index in [1.165, 1.54) is 10.5 Å². The van der Waals surface area contributed by atoms with Gasteiger partial charge in [-0.05, 0) is 12.3 Å². The number of nitrogens with one attached hydrogen (secondary N) is 1. The molecular weight excluding hydrogens is 345 g/mol. The first-order valence-electron chi connectivity index (χ1n) is 6.89. The summed E-state index contributed by atoms with van der Waals surface area (Å²) in [6.45, 7) is 1.99. The van der Waals surface area contributed by atoms with Crippen molar-refractivity contribution in [3.63, 3.8) is 0 Å². The van der Waals surface area contributed by atoms with Crippen molar-refractivity contribution >= 4 is 17.7 Å². The summed E-state index contributed by atoms with van der Waals surface area (Å²) < 4.78 is 33.7. The van der Waals surface area contributed by atoms with Crippen LogP contribution in [-0.2, 0) is 4.79 Å². The number of hydrogen-bond donors (Lipinski definition) is 2. The van der Waals surface area contributed by atoms with Crippen LogP contribution < -0.4 is 5.32 Å². The summed E-state index contributed by atoms with van der Waals surface area (Å²) in [4.78, 5) is 10.1. The van der Waals surface area contributed by atoms with Gasteiger partial charge in [-0.2, -0.15) is 13.2 Å². The first kappa shape index (κ1) is 18.3. The van der Waals surface area contributed by atoms with E-state index >= 15 is 0 Å². The van der Waals surface area contributed by atoms with Crippen LogP contribution in [0.25, 0.3) is 11.3 Å². The van der Waals surface area contributed by atoms with Gasteiger partial charge in [0.25, 0.3) is 0 Å². The second-order valence-corrected chi connectivity index (χ2v) is 5.75. The molecule has 0 atom stereocenters. The molecular formula is C14H15F3N4O2S. The minimum atomic E-state index is -5.08. The van der Waals surface area contributed by atoms with E-state index in [1.807, 2.05) is 16.9 Å². The second kappa shape index (κ2) is 7.67. The van der Waals surface area contributed by atoms with E-state index in [0.29, 0.717) is 6.04 Å². The number of aromatic nitrogens is 3. The Labute approximate surface area is 140 Å². The molecule has 1 fully saturated rings. The van der Waals surface area contributed by atoms with Crippen LogP contribution in [0.15, 0.2) is 35.4 Å². The third kappa shape index (κ3) is 4.48. The second-order valence-electron chi connectivity index (χ2n) is 4.90. The molecule has 0 unspecified atom stereocenters. The number of benzene rings is 1. The van der Waals surface area contributed by atoms with Gasteiger partial charge < -0.3 is 10.4 Å². The lowest BCUT2D eigenvalue weighted by Crippen LogP contribution is -2.43. The van der Waals surface area contributed by atoms with Crippen LogP contribution in [0.3, 0.4) is 0 Å². The maximum atomic E-state index is 10.6. The van der Waals surface area contributed by atoms with Gasteiger partial charge in [0.1, 0.15) is 5.69 Å². The number of hydrogen-bond acceptors (Lipinski definition) is 5. The largest absolute Gasteiger partial charge is 0.490 e. The summed E-state index contributed by atoms with van der Waals surface area (Å²) in [6, 6.07) is 8.77. The molecule has 6 nitrogen and oxygen atoms in total. The van der Waals surface area contributed by atoms with Crippen LogP contribution in [0.1, 0.15) is 6.04 Å². The van der Waals surface area contributed by atoms with Gasteiger partial charge in [0.2, 0.25) is 0 Å². The van der Waals surface area contributed by atoms with Gasteiger partial charge in [-0.15, -0.1) is 16.9 Å². The number of alkyl halides is 3. The third-order valence-electron chi connectivity index (χ3n) is 3.27. The molecule has 1 aromatic heterocycles. The number of thioether (sulfide) groups is 1. The van der Waals surface area contributed by atoms with Crippen molar-refractivity contribution < 1.29 is 23.1 Å². The molecule has 0 radical (unpaired) electrons. The molecule has 2 aromatic rings. The fourth-order valence-electron chi connectivity index (χ4n) is 1.90. The van der Waals surface area contributed by atoms with Gasteiger partial charge in [0, 0.05) is 23.5 Å². The molecule has 0 amide bonds. The van der Waals surface area contributed by atoms with Gasteiger partial charge in [-0.25, -0.2) is 9.48 Å². The Kier molecular flexibility index (Phi) is 5.84. The summed E-state index contributed by atoms with van der Waals surface area (Å²) >= 11 is 1.74. The third-order valence-corrected chi connectivity index (χ3v) is 4.07. The van der Waals surface area contributed by atoms with E-state index in [1.54, 1.807) is 11.8 Å². The highest BCUT2D eigenvalue weighted by Crippen LogP contribution is 2.28. The topological polar surface area (TPSA) is 80.0 Å². The first-order chi connectivity index (χ1) is 11.3. The van der Waals surface area contributed by atoms with Gasteiger partial charge in [0.05, 0.1) is 12.2 Å². The number of carboxylic acid groups (broad SMARTS) is 1. The Balaban J connectivity index is 0.000000256. The highest BCUT2D eigenvalue weighted by molar-refractivity contribution is 7.98. The van der Waals surface area contributed by atoms with Gasteiger partial charge in [0.15, 0.2) is 0 Å². The van der Waals surface area contributed by atoms with Crippen LogP contribution in [0.5, 0.6) is 0 Å². The van der Waals surface area contributed by atoms with E-state index in [0.717, 1.165) is 18.8 Å². The molecule has 1 aliphatic rings. The quantitative estimate of drug-likeness (QED) is 0.819. The minimum absolute atomic E-state index is 0.470. The summed E-state index contributed by atoms with van der Waals surface area (Å²) in [6.07, 6.45) is -0.959. The van der Waals surface area contributed by atoms with Gasteiger partial charge in [-0.3, -0.25) is 0 Å². The van der Waals surface area contributed by atoms with Crippen molar-refractivity contribution in [2.75, 3.05) is 19.3 Å². The molecule has 0 spiro atoms. The summed E-state index contributed by atoms with van der Waals surface area (Å²) in [5.74, 6) is -2.76. The number of rotatable bonds is 3. The van der Waals surface area contributed by atoms with E-state index in [4.69, 9.17) is 9.90 Å². The average molecular weight is 360 g/mol. The van der Waals surface area contributed by atoms with Crippen molar-refractivity contribution in [3.8, 4) is 11.3 Å². The molecule has 3 rings (SSSR count). The predicted molar refractivity (Wildman–Crippen MR) is 82.8 cm³/mol. The number of nitrogens with zero attached hydrogens (tertiary/aromatic N) is 3. The van der Waals surface area contributed by atoms with Crippen molar-refractivity contribution in [1.82, 2.24) is 20.3 Å². The molecule has 2 heterocycles. The lowest BCUT2D eigenvalue weighted by molar-refractivity contribution is -0.192. The molecule has 0 bridgehead atoms. The molecule has 2 N–H and O–H groups in total. The molecule has 1 saturated heterocycles. The van der Waals surface area contributed by atoms with Crippen molar-refractivity contribution in [3.05, 3.63) is 30.5 Å². The van der Waals surface area contributed by atoms with E-state index in [2.05, 4.69) is 40.1 Å². The number of halogens is 3. The Hall–Kier alpha value is -2.07. The SMILES string of the molecule is CSc1ccccc1-c1cn(C2CNC2)nn1.O=C(O)C(F)(F)F. The average Bonchev–Trinajstić information content (AvgIpc) is 2.94. The number of aliphatic carboxylic acids is 1. The molecule has 24 heavy (non-hydrogen) atoms. The Morgan fingerprint density at radius 1 is 1.38 bits per heavy atom. The fourth-order valence-corrected chi connectivity index (χ4v) is 2.50. The van der Waals surface area contributed by atoms with Gasteiger partial charge in [-0.1, -0.05) is 23.4 Å². The zero-order valence-electron chi connectivity index (χ0n) is 12.6. The first-order valence-corrected chi connectivity index (χ1v) is 8.11. The lowest BCUT2D eigenvalue weighted by Gasteiger charge is -2.26. The lowest BCUT2D eigenvalue weighted by atomic mass is 10.1. The highest BCUT2D eigenvalue weighted by Gasteiger charge is 2.38. The summed E-state index contributed by atoms with van der Waals surface area (Å²) in [5.41, 5.74) is 2.13. The smallest absolute Gasteiger partial charge is 0.475 e.